The Labute approximate surface area is 122 Å². The molecule has 0 atom stereocenters. The maximum atomic E-state index is 11.6. The van der Waals surface area contributed by atoms with Gasteiger partial charge in [0, 0.05) is 20.0 Å². The van der Waals surface area contributed by atoms with Gasteiger partial charge in [0.15, 0.2) is 5.78 Å². The lowest BCUT2D eigenvalue weighted by atomic mass is 10.1. The number of hydrogen-bond acceptors (Lipinski definition) is 6. The number of ether oxygens (including phenoxy) is 1. The van der Waals surface area contributed by atoms with Crippen LogP contribution in [0, 0.1) is 0 Å². The quantitative estimate of drug-likeness (QED) is 0.687. The van der Waals surface area contributed by atoms with E-state index in [1.165, 1.54) is 11.3 Å². The highest BCUT2D eigenvalue weighted by Crippen LogP contribution is 2.44. The Morgan fingerprint density at radius 1 is 1.53 bits per heavy atom. The molecule has 0 amide bonds. The molecule has 0 aliphatic carbocycles. The van der Waals surface area contributed by atoms with Crippen LogP contribution in [0.3, 0.4) is 0 Å². The van der Waals surface area contributed by atoms with Crippen LogP contribution in [0.4, 0.5) is 10.7 Å². The molecule has 4 nitrogen and oxygen atoms in total. The molecule has 0 aromatic carbocycles. The summed E-state index contributed by atoms with van der Waals surface area (Å²) >= 11 is 3.11. The Morgan fingerprint density at radius 2 is 2.21 bits per heavy atom. The first-order valence-corrected chi connectivity index (χ1v) is 8.26. The van der Waals surface area contributed by atoms with Crippen LogP contribution in [-0.4, -0.2) is 37.3 Å². The van der Waals surface area contributed by atoms with Crippen molar-refractivity contribution in [3.63, 3.8) is 0 Å². The van der Waals surface area contributed by atoms with E-state index >= 15 is 0 Å². The average Bonchev–Trinajstić information content (AvgIpc) is 2.65. The normalized spacial score (nSPS) is 18.6. The van der Waals surface area contributed by atoms with Gasteiger partial charge < -0.3 is 15.4 Å². The molecule has 0 spiro atoms. The van der Waals surface area contributed by atoms with E-state index in [4.69, 9.17) is 10.5 Å². The topological polar surface area (TPSA) is 55.6 Å². The zero-order valence-electron chi connectivity index (χ0n) is 11.8. The number of ketones is 1. The van der Waals surface area contributed by atoms with Crippen LogP contribution in [0.2, 0.25) is 0 Å². The minimum atomic E-state index is -0.164. The molecule has 1 saturated heterocycles. The molecule has 2 N–H and O–H groups in total. The number of nitrogens with two attached hydrogens (primary N) is 1. The third-order valence-corrected chi connectivity index (χ3v) is 5.44. The van der Waals surface area contributed by atoms with Crippen molar-refractivity contribution in [2.24, 2.45) is 0 Å². The van der Waals surface area contributed by atoms with Gasteiger partial charge in [0.25, 0.3) is 0 Å². The van der Waals surface area contributed by atoms with Crippen LogP contribution in [0.25, 0.3) is 0 Å². The Bertz CT molecular complexity index is 497. The van der Waals surface area contributed by atoms with Crippen molar-refractivity contribution in [1.29, 1.82) is 0 Å². The van der Waals surface area contributed by atoms with Gasteiger partial charge >= 0.3 is 0 Å². The zero-order valence-corrected chi connectivity index (χ0v) is 13.4. The van der Waals surface area contributed by atoms with E-state index in [-0.39, 0.29) is 11.4 Å². The number of Topliss-reactive ketones (excluding diaryl/α,β-unsaturated/α-hetero) is 1. The highest BCUT2D eigenvalue weighted by Gasteiger charge is 2.31. The molecule has 1 aliphatic rings. The van der Waals surface area contributed by atoms with E-state index in [1.54, 1.807) is 18.7 Å². The van der Waals surface area contributed by atoms with E-state index in [0.717, 1.165) is 23.0 Å². The van der Waals surface area contributed by atoms with Crippen LogP contribution >= 0.6 is 23.1 Å². The third-order valence-electron chi connectivity index (χ3n) is 3.12. The molecule has 0 radical (unpaired) electrons. The molecule has 2 rings (SSSR count). The molecule has 1 aliphatic heterocycles. The second kappa shape index (κ2) is 5.34. The second-order valence-corrected chi connectivity index (χ2v) is 7.08. The zero-order chi connectivity index (χ0) is 14.2. The van der Waals surface area contributed by atoms with Gasteiger partial charge in [0.05, 0.1) is 27.7 Å². The summed E-state index contributed by atoms with van der Waals surface area (Å²) in [6, 6.07) is 0. The fraction of sp³-hybridized carbons (Fsp3) is 0.615. The molecule has 1 fully saturated rings. The number of carbonyl (C=O) groups excluding carboxylic acids is 1. The SMILES string of the molecule is CSc1c(N2CCOC(C)(C)C2)sc(C(C)=O)c1N. The van der Waals surface area contributed by atoms with E-state index in [0.29, 0.717) is 17.2 Å². The van der Waals surface area contributed by atoms with Gasteiger partial charge in [-0.15, -0.1) is 23.1 Å². The summed E-state index contributed by atoms with van der Waals surface area (Å²) in [5.74, 6) is 0.0385. The van der Waals surface area contributed by atoms with Gasteiger partial charge in [-0.3, -0.25) is 4.79 Å². The van der Waals surface area contributed by atoms with E-state index in [1.807, 2.05) is 6.26 Å². The van der Waals surface area contributed by atoms with Gasteiger partial charge in [-0.2, -0.15) is 0 Å². The average molecular weight is 300 g/mol. The van der Waals surface area contributed by atoms with Gasteiger partial charge in [-0.05, 0) is 20.1 Å². The Kier molecular flexibility index (Phi) is 4.13. The monoisotopic (exact) mass is 300 g/mol. The number of thiophene rings is 1. The molecule has 1 aromatic rings. The summed E-state index contributed by atoms with van der Waals surface area (Å²) < 4.78 is 5.73. The predicted octanol–water partition coefficient (Wildman–Crippen LogP) is 2.87. The first kappa shape index (κ1) is 14.7. The summed E-state index contributed by atoms with van der Waals surface area (Å²) in [6.07, 6.45) is 2.00. The van der Waals surface area contributed by atoms with Gasteiger partial charge in [-0.25, -0.2) is 0 Å². The van der Waals surface area contributed by atoms with Crippen molar-refractivity contribution in [1.82, 2.24) is 0 Å². The molecule has 106 valence electrons. The minimum Gasteiger partial charge on any atom is -0.396 e. The molecule has 19 heavy (non-hydrogen) atoms. The highest BCUT2D eigenvalue weighted by atomic mass is 32.2. The lowest BCUT2D eigenvalue weighted by Crippen LogP contribution is -2.48. The number of morpholine rings is 1. The maximum absolute atomic E-state index is 11.6. The first-order valence-electron chi connectivity index (χ1n) is 6.22. The van der Waals surface area contributed by atoms with Crippen molar-refractivity contribution in [3.8, 4) is 0 Å². The molecule has 0 saturated carbocycles. The van der Waals surface area contributed by atoms with E-state index in [2.05, 4.69) is 18.7 Å². The second-order valence-electron chi connectivity index (χ2n) is 5.27. The molecular weight excluding hydrogens is 280 g/mol. The van der Waals surface area contributed by atoms with Crippen LogP contribution in [0.1, 0.15) is 30.4 Å². The van der Waals surface area contributed by atoms with Crippen molar-refractivity contribution >= 4 is 39.6 Å². The predicted molar refractivity (Wildman–Crippen MR) is 82.8 cm³/mol. The van der Waals surface area contributed by atoms with Crippen molar-refractivity contribution in [2.45, 2.75) is 31.3 Å². The van der Waals surface area contributed by atoms with Crippen molar-refractivity contribution in [2.75, 3.05) is 36.6 Å². The number of thioether (sulfide) groups is 1. The lowest BCUT2D eigenvalue weighted by Gasteiger charge is -2.39. The standard InChI is InChI=1S/C13H20N2O2S2/c1-8(16)10-9(14)11(18-4)12(19-10)15-5-6-17-13(2,3)7-15/h5-7,14H2,1-4H3. The summed E-state index contributed by atoms with van der Waals surface area (Å²) in [4.78, 5) is 15.6. The summed E-state index contributed by atoms with van der Waals surface area (Å²) in [5.41, 5.74) is 6.57. The Morgan fingerprint density at radius 3 is 2.74 bits per heavy atom. The van der Waals surface area contributed by atoms with Gasteiger partial charge in [0.2, 0.25) is 0 Å². The molecule has 1 aromatic heterocycles. The number of nitrogen functional groups attached to an aromatic ring is 1. The van der Waals surface area contributed by atoms with Gasteiger partial charge in [-0.1, -0.05) is 0 Å². The summed E-state index contributed by atoms with van der Waals surface area (Å²) in [5, 5.41) is 1.10. The van der Waals surface area contributed by atoms with Crippen molar-refractivity contribution in [3.05, 3.63) is 4.88 Å². The van der Waals surface area contributed by atoms with Crippen LogP contribution in [0.15, 0.2) is 4.90 Å². The van der Waals surface area contributed by atoms with E-state index in [9.17, 15) is 4.79 Å². The van der Waals surface area contributed by atoms with E-state index < -0.39 is 0 Å². The number of rotatable bonds is 3. The lowest BCUT2D eigenvalue weighted by molar-refractivity contribution is -0.0276. The largest absolute Gasteiger partial charge is 0.396 e. The number of hydrogen-bond donors (Lipinski definition) is 1. The molecule has 0 unspecified atom stereocenters. The maximum Gasteiger partial charge on any atom is 0.171 e. The number of anilines is 2. The summed E-state index contributed by atoms with van der Waals surface area (Å²) in [7, 11) is 0. The number of carbonyl (C=O) groups is 1. The fourth-order valence-corrected chi connectivity index (χ4v) is 4.38. The fourth-order valence-electron chi connectivity index (χ4n) is 2.27. The highest BCUT2D eigenvalue weighted by molar-refractivity contribution is 7.99. The molecule has 6 heteroatoms. The van der Waals surface area contributed by atoms with Crippen LogP contribution < -0.4 is 10.6 Å². The minimum absolute atomic E-state index is 0.0385. The summed E-state index contributed by atoms with van der Waals surface area (Å²) in [6.45, 7) is 8.10. The van der Waals surface area contributed by atoms with Crippen LogP contribution in [0.5, 0.6) is 0 Å². The van der Waals surface area contributed by atoms with Crippen LogP contribution in [-0.2, 0) is 4.74 Å². The van der Waals surface area contributed by atoms with Gasteiger partial charge in [0.1, 0.15) is 5.00 Å². The molecule has 2 heterocycles. The molecule has 0 bridgehead atoms. The smallest absolute Gasteiger partial charge is 0.171 e. The van der Waals surface area contributed by atoms with Crippen molar-refractivity contribution < 1.29 is 9.53 Å². The number of nitrogens with zero attached hydrogens (tertiary/aromatic N) is 1. The molecular formula is C13H20N2O2S2. The Hall–Kier alpha value is -0.720. The first-order chi connectivity index (χ1) is 8.85. The third kappa shape index (κ3) is 2.90. The Balaban J connectivity index is 2.39.